The third-order valence-corrected chi connectivity index (χ3v) is 12.4. The van der Waals surface area contributed by atoms with Crippen molar-refractivity contribution >= 4 is 21.4 Å². The minimum Gasteiger partial charge on any atom is -0.488 e. The average molecular weight is 788 g/mol. The Bertz CT molecular complexity index is 2290. The van der Waals surface area contributed by atoms with E-state index in [1.54, 1.807) is 21.3 Å². The molecule has 12 nitrogen and oxygen atoms in total. The van der Waals surface area contributed by atoms with Crippen LogP contribution in [0.4, 0.5) is 0 Å². The lowest BCUT2D eigenvalue weighted by Gasteiger charge is -2.31. The van der Waals surface area contributed by atoms with Crippen molar-refractivity contribution in [3.63, 3.8) is 0 Å². The number of nitrogens with one attached hydrogen (secondary N) is 2. The van der Waals surface area contributed by atoms with Crippen LogP contribution in [0.3, 0.4) is 0 Å². The van der Waals surface area contributed by atoms with Gasteiger partial charge in [0, 0.05) is 29.3 Å². The molecule has 1 amide bonds. The fourth-order valence-corrected chi connectivity index (χ4v) is 7.26. The lowest BCUT2D eigenvalue weighted by molar-refractivity contribution is -0.121. The third kappa shape index (κ3) is 8.98. The van der Waals surface area contributed by atoms with E-state index in [1.807, 2.05) is 13.8 Å². The van der Waals surface area contributed by atoms with Gasteiger partial charge in [-0.15, -0.1) is 10.2 Å². The molecule has 3 aromatic heterocycles. The van der Waals surface area contributed by atoms with Crippen molar-refractivity contribution in [3.8, 4) is 23.2 Å². The van der Waals surface area contributed by atoms with Gasteiger partial charge >= 0.3 is 0 Å². The van der Waals surface area contributed by atoms with Gasteiger partial charge < -0.3 is 14.8 Å². The number of hydrogen-bond donors (Lipinski definition) is 2. The minimum absolute atomic E-state index is 0.0526. The van der Waals surface area contributed by atoms with E-state index in [-0.39, 0.29) is 33.2 Å². The van der Waals surface area contributed by atoms with Gasteiger partial charge in [0.05, 0.1) is 22.8 Å². The summed E-state index contributed by atoms with van der Waals surface area (Å²) in [6.45, 7) is 26.1. The van der Waals surface area contributed by atoms with Gasteiger partial charge in [0.25, 0.3) is 5.95 Å². The molecule has 2 N–H and O–H groups in total. The monoisotopic (exact) mass is 787 g/mol. The SMILES string of the molecule is CCC(CNC(=O)CCc1c(C)nn(-c2nnc3c(Oc4ccc(S(C)(=O)=O)cc4)c(C(C)(C)C)[nH]n23)c1C)Oc1ccc(C(C)(C)CC)cc1C(C)(C)CC. The number of amides is 1. The number of fused-ring (bicyclic) bond motifs is 1. The Hall–Kier alpha value is -4.65. The van der Waals surface area contributed by atoms with Gasteiger partial charge in [-0.2, -0.15) is 9.61 Å². The van der Waals surface area contributed by atoms with Crippen LogP contribution in [0, 0.1) is 13.8 Å². The van der Waals surface area contributed by atoms with Crippen molar-refractivity contribution in [2.75, 3.05) is 12.8 Å². The van der Waals surface area contributed by atoms with Crippen molar-refractivity contribution in [1.29, 1.82) is 0 Å². The zero-order valence-corrected chi connectivity index (χ0v) is 36.4. The first-order chi connectivity index (χ1) is 26.1. The number of aryl methyl sites for hydroxylation is 1. The van der Waals surface area contributed by atoms with E-state index in [9.17, 15) is 13.2 Å². The Balaban J connectivity index is 1.30. The first kappa shape index (κ1) is 42.5. The fourth-order valence-electron chi connectivity index (χ4n) is 6.63. The molecule has 304 valence electrons. The summed E-state index contributed by atoms with van der Waals surface area (Å²) >= 11 is 0. The summed E-state index contributed by atoms with van der Waals surface area (Å²) in [5.74, 6) is 2.23. The number of hydrogen-bond acceptors (Lipinski definition) is 8. The number of benzene rings is 2. The van der Waals surface area contributed by atoms with Gasteiger partial charge in [0.2, 0.25) is 11.6 Å². The molecule has 0 spiro atoms. The molecule has 56 heavy (non-hydrogen) atoms. The molecule has 5 rings (SSSR count). The normalized spacial score (nSPS) is 13.3. The second-order valence-corrected chi connectivity index (χ2v) is 19.3. The number of aromatic amines is 1. The summed E-state index contributed by atoms with van der Waals surface area (Å²) in [5.41, 5.74) is 6.03. The number of H-pyrrole nitrogens is 1. The highest BCUT2D eigenvalue weighted by Gasteiger charge is 2.30. The predicted octanol–water partition coefficient (Wildman–Crippen LogP) is 8.63. The molecule has 5 aromatic rings. The Kier molecular flexibility index (Phi) is 12.2. The van der Waals surface area contributed by atoms with Gasteiger partial charge in [0.1, 0.15) is 17.6 Å². The zero-order valence-electron chi connectivity index (χ0n) is 35.5. The van der Waals surface area contributed by atoms with Crippen LogP contribution in [0.15, 0.2) is 47.4 Å². The van der Waals surface area contributed by atoms with Crippen LogP contribution in [0.25, 0.3) is 11.6 Å². The number of ether oxygens (including phenoxy) is 2. The standard InChI is InChI=1S/C43H61N7O5S/c1-14-30(54-35-23-17-29(42(9,10)15-2)25-34(35)43(11,12)16-3)26-44-36(51)24-22-33-27(4)47-49(28(33)5)40-46-45-39-37(38(41(6,7)8)48-50(39)40)55-31-18-20-32(21-19-31)56(13,52)53/h17-21,23,25,30,48H,14-16,22,24,26H2,1-13H3,(H,44,51). The number of carbonyl (C=O) groups is 1. The molecular weight excluding hydrogens is 727 g/mol. The molecule has 0 aliphatic rings. The van der Waals surface area contributed by atoms with Crippen LogP contribution >= 0.6 is 0 Å². The third-order valence-electron chi connectivity index (χ3n) is 11.3. The zero-order chi connectivity index (χ0) is 41.4. The van der Waals surface area contributed by atoms with Crippen LogP contribution in [-0.4, -0.2) is 62.8 Å². The van der Waals surface area contributed by atoms with E-state index in [4.69, 9.17) is 14.6 Å². The maximum Gasteiger partial charge on any atom is 0.271 e. The Morgan fingerprint density at radius 2 is 1.59 bits per heavy atom. The molecule has 13 heteroatoms. The molecule has 2 aromatic carbocycles. The van der Waals surface area contributed by atoms with Gasteiger partial charge in [-0.25, -0.2) is 13.1 Å². The summed E-state index contributed by atoms with van der Waals surface area (Å²) in [6.07, 6.45) is 4.57. The van der Waals surface area contributed by atoms with E-state index in [0.29, 0.717) is 42.5 Å². The van der Waals surface area contributed by atoms with Gasteiger partial charge in [0.15, 0.2) is 15.6 Å². The van der Waals surface area contributed by atoms with Crippen LogP contribution in [-0.2, 0) is 37.3 Å². The van der Waals surface area contributed by atoms with Crippen LogP contribution in [0.5, 0.6) is 17.2 Å². The summed E-state index contributed by atoms with van der Waals surface area (Å²) in [7, 11) is -3.35. The topological polar surface area (TPSA) is 145 Å². The summed E-state index contributed by atoms with van der Waals surface area (Å²) in [5, 5.41) is 20.3. The van der Waals surface area contributed by atoms with Crippen LogP contribution < -0.4 is 14.8 Å². The molecule has 0 bridgehead atoms. The smallest absolute Gasteiger partial charge is 0.271 e. The van der Waals surface area contributed by atoms with E-state index in [0.717, 1.165) is 47.7 Å². The van der Waals surface area contributed by atoms with Crippen molar-refractivity contribution in [3.05, 3.63) is 76.2 Å². The maximum atomic E-state index is 13.3. The van der Waals surface area contributed by atoms with Crippen molar-refractivity contribution in [2.45, 2.75) is 142 Å². The molecule has 3 heterocycles. The highest BCUT2D eigenvalue weighted by Crippen LogP contribution is 2.40. The Morgan fingerprint density at radius 3 is 2.18 bits per heavy atom. The molecule has 0 radical (unpaired) electrons. The van der Waals surface area contributed by atoms with Gasteiger partial charge in [-0.1, -0.05) is 81.4 Å². The van der Waals surface area contributed by atoms with Crippen molar-refractivity contribution in [1.82, 2.24) is 34.9 Å². The first-order valence-corrected chi connectivity index (χ1v) is 21.6. The van der Waals surface area contributed by atoms with Crippen LogP contribution in [0.2, 0.25) is 0 Å². The first-order valence-electron chi connectivity index (χ1n) is 19.7. The number of sulfone groups is 1. The highest BCUT2D eigenvalue weighted by atomic mass is 32.2. The molecule has 0 aliphatic heterocycles. The predicted molar refractivity (Wildman–Crippen MR) is 221 cm³/mol. The summed E-state index contributed by atoms with van der Waals surface area (Å²) < 4.78 is 40.4. The van der Waals surface area contributed by atoms with E-state index < -0.39 is 9.84 Å². The number of carbonyl (C=O) groups excluding carboxylic acids is 1. The Morgan fingerprint density at radius 1 is 0.929 bits per heavy atom. The van der Waals surface area contributed by atoms with Crippen molar-refractivity contribution in [2.24, 2.45) is 0 Å². The average Bonchev–Trinajstić information content (AvgIpc) is 3.80. The molecule has 1 unspecified atom stereocenters. The molecule has 1 atom stereocenters. The summed E-state index contributed by atoms with van der Waals surface area (Å²) in [4.78, 5) is 13.5. The number of nitrogens with zero attached hydrogens (tertiary/aromatic N) is 5. The molecule has 0 aliphatic carbocycles. The van der Waals surface area contributed by atoms with E-state index >= 15 is 0 Å². The van der Waals surface area contributed by atoms with E-state index in [2.05, 4.69) is 108 Å². The fraction of sp³-hybridized carbons (Fsp3) is 0.535. The molecular formula is C43H61N7O5S. The molecule has 0 saturated heterocycles. The quantitative estimate of drug-likeness (QED) is 0.101. The van der Waals surface area contributed by atoms with Gasteiger partial charge in [-0.05, 0) is 91.8 Å². The number of rotatable bonds is 16. The minimum atomic E-state index is -3.35. The largest absolute Gasteiger partial charge is 0.488 e. The molecule has 0 saturated carbocycles. The van der Waals surface area contributed by atoms with Crippen molar-refractivity contribution < 1.29 is 22.7 Å². The second-order valence-electron chi connectivity index (χ2n) is 17.3. The number of aromatic nitrogens is 6. The van der Waals surface area contributed by atoms with E-state index in [1.165, 1.54) is 29.5 Å². The lowest BCUT2D eigenvalue weighted by atomic mass is 9.76. The lowest BCUT2D eigenvalue weighted by Crippen LogP contribution is -2.35. The van der Waals surface area contributed by atoms with Gasteiger partial charge in [-0.3, -0.25) is 9.89 Å². The highest BCUT2D eigenvalue weighted by molar-refractivity contribution is 7.90. The summed E-state index contributed by atoms with van der Waals surface area (Å²) in [6, 6.07) is 12.9. The molecule has 0 fully saturated rings. The Labute approximate surface area is 332 Å². The maximum absolute atomic E-state index is 13.3. The second kappa shape index (κ2) is 16.1. The van der Waals surface area contributed by atoms with Crippen LogP contribution in [0.1, 0.15) is 129 Å².